The Morgan fingerprint density at radius 1 is 1.50 bits per heavy atom. The van der Waals surface area contributed by atoms with Crippen molar-refractivity contribution in [2.45, 2.75) is 0 Å². The average Bonchev–Trinajstić information content (AvgIpc) is 2.65. The van der Waals surface area contributed by atoms with Crippen LogP contribution in [0.1, 0.15) is 5.56 Å². The molecular weight excluding hydrogens is 182 g/mol. The molecule has 68 valence electrons. The van der Waals surface area contributed by atoms with Gasteiger partial charge in [0.2, 0.25) is 5.95 Å². The van der Waals surface area contributed by atoms with Gasteiger partial charge in [-0.1, -0.05) is 0 Å². The summed E-state index contributed by atoms with van der Waals surface area (Å²) >= 11 is 0. The van der Waals surface area contributed by atoms with Gasteiger partial charge in [0.05, 0.1) is 6.20 Å². The normalized spacial score (nSPS) is 9.64. The van der Waals surface area contributed by atoms with Crippen LogP contribution in [0.5, 0.6) is 0 Å². The number of hydrogen-bond acceptors (Lipinski definition) is 6. The third-order valence-electron chi connectivity index (χ3n) is 1.55. The minimum atomic E-state index is 0.125. The zero-order valence-electron chi connectivity index (χ0n) is 6.99. The van der Waals surface area contributed by atoms with Crippen molar-refractivity contribution in [3.05, 3.63) is 24.2 Å². The van der Waals surface area contributed by atoms with Crippen LogP contribution in [0, 0.1) is 11.3 Å². The van der Waals surface area contributed by atoms with E-state index in [9.17, 15) is 0 Å². The van der Waals surface area contributed by atoms with Crippen molar-refractivity contribution >= 4 is 5.95 Å². The Balaban J connectivity index is 2.57. The molecule has 0 saturated carbocycles. The molecule has 0 radical (unpaired) electrons. The Bertz CT molecular complexity index is 495. The summed E-state index contributed by atoms with van der Waals surface area (Å²) in [6.07, 6.45) is 2.81. The van der Waals surface area contributed by atoms with E-state index in [1.165, 1.54) is 17.2 Å². The lowest BCUT2D eigenvalue weighted by molar-refractivity contribution is 0.811. The highest BCUT2D eigenvalue weighted by molar-refractivity contribution is 5.41. The fraction of sp³-hybridized carbons (Fsp3) is 0. The van der Waals surface area contributed by atoms with Gasteiger partial charge in [0.25, 0.3) is 0 Å². The van der Waals surface area contributed by atoms with E-state index in [4.69, 9.17) is 11.0 Å². The molecule has 0 fully saturated rings. The number of hydrogen-bond donors (Lipinski definition) is 1. The van der Waals surface area contributed by atoms with Crippen molar-refractivity contribution in [3.8, 4) is 11.9 Å². The lowest BCUT2D eigenvalue weighted by Crippen LogP contribution is -2.03. The molecule has 14 heavy (non-hydrogen) atoms. The Kier molecular flexibility index (Phi) is 1.80. The quantitative estimate of drug-likeness (QED) is 0.645. The SMILES string of the molecule is N#Cc1ccnnc1-n1cnc(N)n1. The first-order valence-corrected chi connectivity index (χ1v) is 3.70. The van der Waals surface area contributed by atoms with Crippen LogP contribution in [0.2, 0.25) is 0 Å². The van der Waals surface area contributed by atoms with Gasteiger partial charge in [0.15, 0.2) is 5.82 Å². The van der Waals surface area contributed by atoms with Gasteiger partial charge in [-0.3, -0.25) is 0 Å². The molecule has 0 aliphatic carbocycles. The minimum absolute atomic E-state index is 0.125. The molecule has 2 N–H and O–H groups in total. The van der Waals surface area contributed by atoms with Crippen molar-refractivity contribution in [2.75, 3.05) is 5.73 Å². The maximum absolute atomic E-state index is 8.78. The topological polar surface area (TPSA) is 106 Å². The molecular formula is C7H5N7. The first kappa shape index (κ1) is 8.12. The number of nitrogens with zero attached hydrogens (tertiary/aromatic N) is 6. The van der Waals surface area contributed by atoms with E-state index < -0.39 is 0 Å². The van der Waals surface area contributed by atoms with Gasteiger partial charge in [-0.25, -0.2) is 4.98 Å². The van der Waals surface area contributed by atoms with E-state index in [-0.39, 0.29) is 5.95 Å². The van der Waals surface area contributed by atoms with Crippen molar-refractivity contribution in [2.24, 2.45) is 0 Å². The van der Waals surface area contributed by atoms with Gasteiger partial charge in [0, 0.05) is 0 Å². The molecule has 0 aliphatic rings. The Labute approximate surface area is 78.8 Å². The molecule has 0 spiro atoms. The predicted molar refractivity (Wildman–Crippen MR) is 46.1 cm³/mol. The second-order valence-corrected chi connectivity index (χ2v) is 2.43. The molecule has 7 heteroatoms. The van der Waals surface area contributed by atoms with Gasteiger partial charge in [-0.05, 0) is 6.07 Å². The minimum Gasteiger partial charge on any atom is -0.366 e. The lowest BCUT2D eigenvalue weighted by Gasteiger charge is -1.98. The van der Waals surface area contributed by atoms with Gasteiger partial charge < -0.3 is 5.73 Å². The summed E-state index contributed by atoms with van der Waals surface area (Å²) in [5, 5.41) is 20.0. The summed E-state index contributed by atoms with van der Waals surface area (Å²) in [5.41, 5.74) is 5.70. The van der Waals surface area contributed by atoms with Crippen LogP contribution in [0.3, 0.4) is 0 Å². The molecule has 0 bridgehead atoms. The van der Waals surface area contributed by atoms with Crippen LogP contribution in [-0.4, -0.2) is 25.0 Å². The number of rotatable bonds is 1. The number of nitriles is 1. The smallest absolute Gasteiger partial charge is 0.239 e. The number of nitrogen functional groups attached to an aromatic ring is 1. The summed E-state index contributed by atoms with van der Waals surface area (Å²) in [4.78, 5) is 3.72. The first-order chi connectivity index (χ1) is 6.81. The zero-order chi connectivity index (χ0) is 9.97. The summed E-state index contributed by atoms with van der Waals surface area (Å²) in [7, 11) is 0. The van der Waals surface area contributed by atoms with Crippen LogP contribution < -0.4 is 5.73 Å². The van der Waals surface area contributed by atoms with Crippen LogP contribution in [0.15, 0.2) is 18.6 Å². The second-order valence-electron chi connectivity index (χ2n) is 2.43. The van der Waals surface area contributed by atoms with Crippen molar-refractivity contribution < 1.29 is 0 Å². The van der Waals surface area contributed by atoms with Gasteiger partial charge in [0.1, 0.15) is 18.0 Å². The van der Waals surface area contributed by atoms with Crippen molar-refractivity contribution in [1.82, 2.24) is 25.0 Å². The molecule has 0 unspecified atom stereocenters. The molecule has 0 aromatic carbocycles. The summed E-state index contributed by atoms with van der Waals surface area (Å²) in [6, 6.07) is 3.51. The molecule has 2 heterocycles. The van der Waals surface area contributed by atoms with E-state index in [1.54, 1.807) is 6.07 Å². The zero-order valence-corrected chi connectivity index (χ0v) is 6.99. The number of aromatic nitrogens is 5. The van der Waals surface area contributed by atoms with E-state index >= 15 is 0 Å². The molecule has 2 aromatic heterocycles. The molecule has 7 nitrogen and oxygen atoms in total. The third-order valence-corrected chi connectivity index (χ3v) is 1.55. The monoisotopic (exact) mass is 187 g/mol. The van der Waals surface area contributed by atoms with E-state index in [0.717, 1.165) is 0 Å². The Morgan fingerprint density at radius 3 is 3.00 bits per heavy atom. The number of nitrogens with two attached hydrogens (primary N) is 1. The highest BCUT2D eigenvalue weighted by Crippen LogP contribution is 2.07. The first-order valence-electron chi connectivity index (χ1n) is 3.70. The standard InChI is InChI=1S/C7H5N7/c8-3-5-1-2-11-12-6(5)14-4-10-7(9)13-14/h1-2,4H,(H2,9,13). The van der Waals surface area contributed by atoms with Gasteiger partial charge >= 0.3 is 0 Å². The largest absolute Gasteiger partial charge is 0.366 e. The molecule has 0 saturated heterocycles. The predicted octanol–water partition coefficient (Wildman–Crippen LogP) is -0.489. The van der Waals surface area contributed by atoms with E-state index in [1.807, 2.05) is 6.07 Å². The van der Waals surface area contributed by atoms with Crippen LogP contribution in [0.25, 0.3) is 5.82 Å². The second kappa shape index (κ2) is 3.10. The average molecular weight is 187 g/mol. The van der Waals surface area contributed by atoms with Gasteiger partial charge in [-0.2, -0.15) is 15.0 Å². The fourth-order valence-electron chi connectivity index (χ4n) is 0.959. The highest BCUT2D eigenvalue weighted by atomic mass is 15.4. The lowest BCUT2D eigenvalue weighted by atomic mass is 10.3. The highest BCUT2D eigenvalue weighted by Gasteiger charge is 2.07. The number of anilines is 1. The summed E-state index contributed by atoms with van der Waals surface area (Å²) in [6.45, 7) is 0. The fourth-order valence-corrected chi connectivity index (χ4v) is 0.959. The van der Waals surface area contributed by atoms with Crippen LogP contribution in [0.4, 0.5) is 5.95 Å². The molecule has 2 rings (SSSR count). The summed E-state index contributed by atoms with van der Waals surface area (Å²) < 4.78 is 1.31. The van der Waals surface area contributed by atoms with Crippen molar-refractivity contribution in [1.29, 1.82) is 5.26 Å². The Hall–Kier alpha value is -2.49. The molecule has 2 aromatic rings. The van der Waals surface area contributed by atoms with Crippen LogP contribution in [-0.2, 0) is 0 Å². The summed E-state index contributed by atoms with van der Waals surface area (Å²) in [5.74, 6) is 0.443. The van der Waals surface area contributed by atoms with E-state index in [0.29, 0.717) is 11.4 Å². The van der Waals surface area contributed by atoms with Gasteiger partial charge in [-0.15, -0.1) is 10.2 Å². The molecule has 0 aliphatic heterocycles. The third kappa shape index (κ3) is 1.25. The van der Waals surface area contributed by atoms with Crippen molar-refractivity contribution in [3.63, 3.8) is 0 Å². The molecule has 0 atom stereocenters. The molecule has 0 amide bonds. The van der Waals surface area contributed by atoms with E-state index in [2.05, 4.69) is 20.3 Å². The van der Waals surface area contributed by atoms with Crippen LogP contribution >= 0.6 is 0 Å². The maximum atomic E-state index is 8.78. The maximum Gasteiger partial charge on any atom is 0.239 e. The Morgan fingerprint density at radius 2 is 2.36 bits per heavy atom.